The summed E-state index contributed by atoms with van der Waals surface area (Å²) in [5, 5.41) is 0.726. The van der Waals surface area contributed by atoms with Crippen LogP contribution >= 0.6 is 11.8 Å². The molecule has 0 aliphatic carbocycles. The summed E-state index contributed by atoms with van der Waals surface area (Å²) in [6.07, 6.45) is 3.98. The van der Waals surface area contributed by atoms with Gasteiger partial charge in [-0.2, -0.15) is 0 Å². The second-order valence-electron chi connectivity index (χ2n) is 7.32. The van der Waals surface area contributed by atoms with Crippen LogP contribution in [0.3, 0.4) is 0 Å². The molecule has 0 N–H and O–H groups in total. The van der Waals surface area contributed by atoms with E-state index < -0.39 is 15.4 Å². The predicted molar refractivity (Wildman–Crippen MR) is 116 cm³/mol. The fourth-order valence-corrected chi connectivity index (χ4v) is 5.94. The molecule has 3 heterocycles. The summed E-state index contributed by atoms with van der Waals surface area (Å²) in [5.41, 5.74) is 0.617. The SMILES string of the molecule is Cn1c(=O)c(S(C)(=O)=O)c(N2CCN(C(=O)C3=CCCS3)CC2)c2ccccc21. The summed E-state index contributed by atoms with van der Waals surface area (Å²) in [5.74, 6) is 0.988. The quantitative estimate of drug-likeness (QED) is 0.732. The van der Waals surface area contributed by atoms with E-state index in [4.69, 9.17) is 0 Å². The third kappa shape index (κ3) is 3.57. The molecular weight excluding hydrogens is 410 g/mol. The van der Waals surface area contributed by atoms with Crippen molar-refractivity contribution >= 4 is 44.1 Å². The first-order valence-electron chi connectivity index (χ1n) is 9.48. The van der Waals surface area contributed by atoms with Gasteiger partial charge in [0.1, 0.15) is 0 Å². The van der Waals surface area contributed by atoms with Gasteiger partial charge in [0.15, 0.2) is 14.7 Å². The number of carbonyl (C=O) groups is 1. The molecule has 2 aromatic rings. The van der Waals surface area contributed by atoms with Crippen molar-refractivity contribution in [2.75, 3.05) is 43.1 Å². The Bertz CT molecular complexity index is 1180. The van der Waals surface area contributed by atoms with E-state index in [0.29, 0.717) is 37.4 Å². The molecule has 0 atom stereocenters. The Kier molecular flexibility index (Phi) is 5.20. The average molecular weight is 434 g/mol. The molecule has 0 saturated carbocycles. The molecule has 1 saturated heterocycles. The monoisotopic (exact) mass is 433 g/mol. The first-order chi connectivity index (χ1) is 13.8. The van der Waals surface area contributed by atoms with E-state index in [1.807, 2.05) is 40.1 Å². The smallest absolute Gasteiger partial charge is 0.271 e. The van der Waals surface area contributed by atoms with Gasteiger partial charge in [-0.15, -0.1) is 11.8 Å². The lowest BCUT2D eigenvalue weighted by molar-refractivity contribution is -0.126. The Hall–Kier alpha value is -2.26. The van der Waals surface area contributed by atoms with Crippen LogP contribution in [0.2, 0.25) is 0 Å². The molecule has 2 aliphatic rings. The Labute approximate surface area is 173 Å². The Morgan fingerprint density at radius 1 is 1.10 bits per heavy atom. The summed E-state index contributed by atoms with van der Waals surface area (Å²) in [4.78, 5) is 29.9. The number of hydrogen-bond donors (Lipinski definition) is 0. The number of piperazine rings is 1. The maximum atomic E-state index is 12.9. The zero-order valence-corrected chi connectivity index (χ0v) is 18.1. The molecule has 1 amide bonds. The minimum atomic E-state index is -3.74. The number of anilines is 1. The molecule has 0 spiro atoms. The number of nitrogens with zero attached hydrogens (tertiary/aromatic N) is 3. The molecule has 29 heavy (non-hydrogen) atoms. The number of benzene rings is 1. The lowest BCUT2D eigenvalue weighted by Gasteiger charge is -2.37. The van der Waals surface area contributed by atoms with Crippen LogP contribution in [0.5, 0.6) is 0 Å². The van der Waals surface area contributed by atoms with Crippen molar-refractivity contribution in [3.8, 4) is 0 Å². The minimum Gasteiger partial charge on any atom is -0.366 e. The van der Waals surface area contributed by atoms with Gasteiger partial charge in [-0.05, 0) is 12.5 Å². The number of allylic oxidation sites excluding steroid dienone is 1. The maximum Gasteiger partial charge on any atom is 0.271 e. The van der Waals surface area contributed by atoms with Crippen LogP contribution in [-0.2, 0) is 21.7 Å². The van der Waals surface area contributed by atoms with E-state index in [-0.39, 0.29) is 10.8 Å². The topological polar surface area (TPSA) is 79.7 Å². The first kappa shape index (κ1) is 20.0. The van der Waals surface area contributed by atoms with E-state index in [1.165, 1.54) is 4.57 Å². The highest BCUT2D eigenvalue weighted by molar-refractivity contribution is 8.04. The average Bonchev–Trinajstić information content (AvgIpc) is 3.24. The van der Waals surface area contributed by atoms with Crippen LogP contribution in [-0.4, -0.2) is 62.0 Å². The van der Waals surface area contributed by atoms with Gasteiger partial charge in [0.2, 0.25) is 0 Å². The van der Waals surface area contributed by atoms with Gasteiger partial charge in [0, 0.05) is 50.6 Å². The largest absolute Gasteiger partial charge is 0.366 e. The van der Waals surface area contributed by atoms with Crippen molar-refractivity contribution in [3.05, 3.63) is 45.6 Å². The summed E-state index contributed by atoms with van der Waals surface area (Å²) in [7, 11) is -2.15. The molecule has 4 rings (SSSR count). The number of aryl methyl sites for hydroxylation is 1. The number of carbonyl (C=O) groups excluding carboxylic acids is 1. The van der Waals surface area contributed by atoms with Crippen molar-refractivity contribution in [1.82, 2.24) is 9.47 Å². The van der Waals surface area contributed by atoms with Crippen LogP contribution in [0.4, 0.5) is 5.69 Å². The Balaban J connectivity index is 1.74. The fourth-order valence-electron chi connectivity index (χ4n) is 3.96. The first-order valence-corrected chi connectivity index (χ1v) is 12.4. The molecule has 1 aromatic heterocycles. The van der Waals surface area contributed by atoms with Gasteiger partial charge in [-0.3, -0.25) is 9.59 Å². The molecule has 0 radical (unpaired) electrons. The molecule has 1 fully saturated rings. The number of rotatable bonds is 3. The Morgan fingerprint density at radius 2 is 1.79 bits per heavy atom. The summed E-state index contributed by atoms with van der Waals surface area (Å²) >= 11 is 1.59. The van der Waals surface area contributed by atoms with Crippen LogP contribution in [0.15, 0.2) is 44.9 Å². The number of hydrogen-bond acceptors (Lipinski definition) is 6. The number of thioether (sulfide) groups is 1. The van der Waals surface area contributed by atoms with Crippen LogP contribution < -0.4 is 10.5 Å². The number of aromatic nitrogens is 1. The number of para-hydroxylation sites is 1. The molecule has 154 valence electrons. The molecule has 0 bridgehead atoms. The van der Waals surface area contributed by atoms with Crippen LogP contribution in [0, 0.1) is 0 Å². The molecule has 9 heteroatoms. The number of amides is 1. The minimum absolute atomic E-state index is 0.0457. The highest BCUT2D eigenvalue weighted by Crippen LogP contribution is 2.33. The summed E-state index contributed by atoms with van der Waals surface area (Å²) in [6.45, 7) is 1.93. The van der Waals surface area contributed by atoms with Crippen molar-refractivity contribution in [2.24, 2.45) is 7.05 Å². The van der Waals surface area contributed by atoms with Crippen LogP contribution in [0.25, 0.3) is 10.9 Å². The molecule has 2 aliphatic heterocycles. The van der Waals surface area contributed by atoms with Gasteiger partial charge in [-0.1, -0.05) is 24.3 Å². The zero-order chi connectivity index (χ0) is 20.8. The second kappa shape index (κ2) is 7.53. The van der Waals surface area contributed by atoms with Crippen molar-refractivity contribution in [1.29, 1.82) is 0 Å². The van der Waals surface area contributed by atoms with Crippen molar-refractivity contribution in [2.45, 2.75) is 11.3 Å². The third-order valence-corrected chi connectivity index (χ3v) is 7.61. The number of pyridine rings is 1. The second-order valence-corrected chi connectivity index (χ2v) is 10.4. The van der Waals surface area contributed by atoms with Crippen molar-refractivity contribution in [3.63, 3.8) is 0 Å². The van der Waals surface area contributed by atoms with Crippen molar-refractivity contribution < 1.29 is 13.2 Å². The number of fused-ring (bicyclic) bond motifs is 1. The van der Waals surface area contributed by atoms with Gasteiger partial charge in [0.05, 0.1) is 16.1 Å². The summed E-state index contributed by atoms with van der Waals surface area (Å²) < 4.78 is 26.5. The van der Waals surface area contributed by atoms with Gasteiger partial charge >= 0.3 is 0 Å². The third-order valence-electron chi connectivity index (χ3n) is 5.40. The van der Waals surface area contributed by atoms with Gasteiger partial charge in [0.25, 0.3) is 11.5 Å². The van der Waals surface area contributed by atoms with Crippen LogP contribution in [0.1, 0.15) is 6.42 Å². The molecule has 7 nitrogen and oxygen atoms in total. The van der Waals surface area contributed by atoms with Gasteiger partial charge < -0.3 is 14.4 Å². The number of sulfone groups is 1. The predicted octanol–water partition coefficient (Wildman–Crippen LogP) is 1.61. The lowest BCUT2D eigenvalue weighted by Crippen LogP contribution is -2.49. The highest BCUT2D eigenvalue weighted by Gasteiger charge is 2.30. The highest BCUT2D eigenvalue weighted by atomic mass is 32.2. The maximum absolute atomic E-state index is 12.9. The van der Waals surface area contributed by atoms with Gasteiger partial charge in [-0.25, -0.2) is 8.42 Å². The van der Waals surface area contributed by atoms with E-state index in [2.05, 4.69) is 0 Å². The standard InChI is InChI=1S/C20H23N3O4S2/c1-21-15-7-4-3-6-14(15)17(18(20(21)25)29(2,26)27)22-9-11-23(12-10-22)19(24)16-8-5-13-28-16/h3-4,6-8H,5,9-13H2,1-2H3. The van der Waals surface area contributed by atoms with E-state index in [1.54, 1.807) is 18.8 Å². The lowest BCUT2D eigenvalue weighted by atomic mass is 10.1. The van der Waals surface area contributed by atoms with E-state index >= 15 is 0 Å². The normalized spacial score (nSPS) is 17.7. The van der Waals surface area contributed by atoms with E-state index in [9.17, 15) is 18.0 Å². The summed E-state index contributed by atoms with van der Waals surface area (Å²) in [6, 6.07) is 7.33. The molecular formula is C20H23N3O4S2. The molecule has 0 unspecified atom stereocenters. The Morgan fingerprint density at radius 3 is 2.41 bits per heavy atom. The zero-order valence-electron chi connectivity index (χ0n) is 16.4. The molecule has 1 aromatic carbocycles. The fraction of sp³-hybridized carbons (Fsp3) is 0.400. The van der Waals surface area contributed by atoms with E-state index in [0.717, 1.165) is 28.7 Å².